The Balaban J connectivity index is 1.46. The fourth-order valence-electron chi connectivity index (χ4n) is 3.53. The lowest BCUT2D eigenvalue weighted by molar-refractivity contribution is 0.0941. The van der Waals surface area contributed by atoms with E-state index in [-0.39, 0.29) is 0 Å². The highest BCUT2D eigenvalue weighted by Gasteiger charge is 2.30. The molecule has 0 aromatic carbocycles. The molecule has 4 nitrogen and oxygen atoms in total. The smallest absolute Gasteiger partial charge is 0.118 e. The van der Waals surface area contributed by atoms with Gasteiger partial charge in [0, 0.05) is 37.8 Å². The zero-order chi connectivity index (χ0) is 14.7. The monoisotopic (exact) mass is 291 g/mol. The van der Waals surface area contributed by atoms with Crippen molar-refractivity contribution in [3.8, 4) is 0 Å². The topological polar surface area (TPSA) is 31.7 Å². The van der Waals surface area contributed by atoms with Crippen molar-refractivity contribution in [2.75, 3.05) is 32.7 Å². The summed E-state index contributed by atoms with van der Waals surface area (Å²) < 4.78 is 5.74. The van der Waals surface area contributed by atoms with E-state index in [4.69, 9.17) is 4.42 Å². The number of nitrogens with zero attached hydrogens (tertiary/aromatic N) is 2. The molecular formula is C17H29N3O. The molecule has 2 aliphatic heterocycles. The molecule has 2 aliphatic rings. The van der Waals surface area contributed by atoms with Crippen LogP contribution in [0.1, 0.15) is 38.0 Å². The first-order chi connectivity index (χ1) is 10.2. The van der Waals surface area contributed by atoms with Gasteiger partial charge in [-0.1, -0.05) is 13.8 Å². The maximum absolute atomic E-state index is 5.74. The molecule has 2 fully saturated rings. The SMILES string of the molecule is CC(C)CNCc1coc(CN2CCN3CCCC3C2)c1. The Bertz CT molecular complexity index is 443. The molecule has 4 heteroatoms. The van der Waals surface area contributed by atoms with E-state index in [1.54, 1.807) is 0 Å². The molecule has 0 amide bonds. The number of fused-ring (bicyclic) bond motifs is 1. The fourth-order valence-corrected chi connectivity index (χ4v) is 3.53. The van der Waals surface area contributed by atoms with Gasteiger partial charge >= 0.3 is 0 Å². The molecular weight excluding hydrogens is 262 g/mol. The summed E-state index contributed by atoms with van der Waals surface area (Å²) in [5, 5.41) is 3.47. The van der Waals surface area contributed by atoms with Gasteiger partial charge < -0.3 is 9.73 Å². The van der Waals surface area contributed by atoms with Crippen LogP contribution in [0.15, 0.2) is 16.7 Å². The van der Waals surface area contributed by atoms with E-state index in [0.717, 1.165) is 31.4 Å². The van der Waals surface area contributed by atoms with Gasteiger partial charge in [-0.2, -0.15) is 0 Å². The number of hydrogen-bond donors (Lipinski definition) is 1. The van der Waals surface area contributed by atoms with Crippen LogP contribution in [0.5, 0.6) is 0 Å². The van der Waals surface area contributed by atoms with Crippen molar-refractivity contribution in [1.82, 2.24) is 15.1 Å². The Labute approximate surface area is 128 Å². The van der Waals surface area contributed by atoms with E-state index in [9.17, 15) is 0 Å². The highest BCUT2D eigenvalue weighted by Crippen LogP contribution is 2.22. The summed E-state index contributed by atoms with van der Waals surface area (Å²) in [7, 11) is 0. The number of nitrogens with one attached hydrogen (secondary N) is 1. The normalized spacial score (nSPS) is 23.9. The lowest BCUT2D eigenvalue weighted by Gasteiger charge is -2.37. The van der Waals surface area contributed by atoms with Gasteiger partial charge in [-0.15, -0.1) is 0 Å². The van der Waals surface area contributed by atoms with Gasteiger partial charge in [-0.3, -0.25) is 9.80 Å². The van der Waals surface area contributed by atoms with Gasteiger partial charge in [0.2, 0.25) is 0 Å². The third kappa shape index (κ3) is 4.09. The molecule has 0 radical (unpaired) electrons. The molecule has 3 rings (SSSR count). The molecule has 21 heavy (non-hydrogen) atoms. The van der Waals surface area contributed by atoms with Crippen molar-refractivity contribution in [1.29, 1.82) is 0 Å². The average Bonchev–Trinajstić information content (AvgIpc) is 3.07. The predicted molar refractivity (Wildman–Crippen MR) is 85.1 cm³/mol. The summed E-state index contributed by atoms with van der Waals surface area (Å²) in [5.41, 5.74) is 1.27. The van der Waals surface area contributed by atoms with E-state index < -0.39 is 0 Å². The van der Waals surface area contributed by atoms with Crippen LogP contribution in [0.2, 0.25) is 0 Å². The van der Waals surface area contributed by atoms with Crippen molar-refractivity contribution in [3.63, 3.8) is 0 Å². The van der Waals surface area contributed by atoms with Crippen molar-refractivity contribution in [2.45, 2.75) is 45.8 Å². The molecule has 0 aliphatic carbocycles. The Morgan fingerprint density at radius 2 is 2.24 bits per heavy atom. The van der Waals surface area contributed by atoms with Crippen molar-refractivity contribution < 1.29 is 4.42 Å². The molecule has 1 aromatic rings. The summed E-state index contributed by atoms with van der Waals surface area (Å²) in [6.45, 7) is 12.3. The molecule has 1 N–H and O–H groups in total. The van der Waals surface area contributed by atoms with Crippen molar-refractivity contribution in [3.05, 3.63) is 23.7 Å². The zero-order valence-electron chi connectivity index (χ0n) is 13.5. The third-order valence-electron chi connectivity index (χ3n) is 4.64. The predicted octanol–water partition coefficient (Wildman–Crippen LogP) is 2.31. The maximum atomic E-state index is 5.74. The Kier molecular flexibility index (Phi) is 4.99. The van der Waals surface area contributed by atoms with Crippen LogP contribution in [-0.2, 0) is 13.1 Å². The van der Waals surface area contributed by atoms with Crippen LogP contribution in [0.25, 0.3) is 0 Å². The summed E-state index contributed by atoms with van der Waals surface area (Å²) in [4.78, 5) is 5.20. The molecule has 118 valence electrons. The molecule has 0 saturated carbocycles. The standard InChI is InChI=1S/C17H29N3O/c1-14(2)9-18-10-15-8-17(21-13-15)12-19-6-7-20-5-3-4-16(20)11-19/h8,13-14,16,18H,3-7,9-12H2,1-2H3. The first kappa shape index (κ1) is 15.1. The van der Waals surface area contributed by atoms with Gasteiger partial charge in [0.25, 0.3) is 0 Å². The van der Waals surface area contributed by atoms with Gasteiger partial charge in [0.1, 0.15) is 5.76 Å². The highest BCUT2D eigenvalue weighted by molar-refractivity contribution is 5.12. The summed E-state index contributed by atoms with van der Waals surface area (Å²) in [5.74, 6) is 1.81. The van der Waals surface area contributed by atoms with E-state index >= 15 is 0 Å². The van der Waals surface area contributed by atoms with Gasteiger partial charge in [0.05, 0.1) is 12.8 Å². The minimum absolute atomic E-state index is 0.694. The van der Waals surface area contributed by atoms with Crippen molar-refractivity contribution in [2.24, 2.45) is 5.92 Å². The van der Waals surface area contributed by atoms with Crippen molar-refractivity contribution >= 4 is 0 Å². The second-order valence-corrected chi connectivity index (χ2v) is 7.01. The maximum Gasteiger partial charge on any atom is 0.118 e. The Hall–Kier alpha value is -0.840. The third-order valence-corrected chi connectivity index (χ3v) is 4.64. The quantitative estimate of drug-likeness (QED) is 0.871. The molecule has 3 heterocycles. The van der Waals surface area contributed by atoms with E-state index in [1.165, 1.54) is 44.6 Å². The van der Waals surface area contributed by atoms with Crippen LogP contribution < -0.4 is 5.32 Å². The summed E-state index contributed by atoms with van der Waals surface area (Å²) in [6.07, 6.45) is 4.67. The molecule has 0 spiro atoms. The lowest BCUT2D eigenvalue weighted by atomic mass is 10.1. The lowest BCUT2D eigenvalue weighted by Crippen LogP contribution is -2.49. The number of hydrogen-bond acceptors (Lipinski definition) is 4. The largest absolute Gasteiger partial charge is 0.468 e. The van der Waals surface area contributed by atoms with Crippen LogP contribution in [0.3, 0.4) is 0 Å². The van der Waals surface area contributed by atoms with Crippen LogP contribution in [0, 0.1) is 5.92 Å². The van der Waals surface area contributed by atoms with E-state index in [1.807, 2.05) is 6.26 Å². The van der Waals surface area contributed by atoms with Crippen LogP contribution in [0.4, 0.5) is 0 Å². The number of furan rings is 1. The molecule has 1 aromatic heterocycles. The van der Waals surface area contributed by atoms with Gasteiger partial charge in [0.15, 0.2) is 0 Å². The first-order valence-electron chi connectivity index (χ1n) is 8.44. The first-order valence-corrected chi connectivity index (χ1v) is 8.44. The second-order valence-electron chi connectivity index (χ2n) is 7.01. The fraction of sp³-hybridized carbons (Fsp3) is 0.765. The van der Waals surface area contributed by atoms with Crippen LogP contribution in [-0.4, -0.2) is 48.6 Å². The molecule has 2 saturated heterocycles. The minimum Gasteiger partial charge on any atom is -0.468 e. The molecule has 1 unspecified atom stereocenters. The van der Waals surface area contributed by atoms with Crippen LogP contribution >= 0.6 is 0 Å². The van der Waals surface area contributed by atoms with Gasteiger partial charge in [-0.25, -0.2) is 0 Å². The molecule has 1 atom stereocenters. The van der Waals surface area contributed by atoms with Gasteiger partial charge in [-0.05, 0) is 37.9 Å². The highest BCUT2D eigenvalue weighted by atomic mass is 16.3. The zero-order valence-corrected chi connectivity index (χ0v) is 13.5. The average molecular weight is 291 g/mol. The summed E-state index contributed by atoms with van der Waals surface area (Å²) >= 11 is 0. The second kappa shape index (κ2) is 6.95. The minimum atomic E-state index is 0.694. The Morgan fingerprint density at radius 1 is 1.33 bits per heavy atom. The Morgan fingerprint density at radius 3 is 3.10 bits per heavy atom. The molecule has 0 bridgehead atoms. The summed E-state index contributed by atoms with van der Waals surface area (Å²) in [6, 6.07) is 3.01. The number of piperazine rings is 1. The van der Waals surface area contributed by atoms with E-state index in [0.29, 0.717) is 5.92 Å². The van der Waals surface area contributed by atoms with E-state index in [2.05, 4.69) is 35.0 Å². The number of rotatable bonds is 6.